The Balaban J connectivity index is 1.58. The first-order valence-corrected chi connectivity index (χ1v) is 10.8. The highest BCUT2D eigenvalue weighted by molar-refractivity contribution is 9.10. The van der Waals surface area contributed by atoms with Crippen LogP contribution in [0.2, 0.25) is 10.0 Å². The summed E-state index contributed by atoms with van der Waals surface area (Å²) in [5.74, 6) is 0.894. The zero-order chi connectivity index (χ0) is 21.2. The van der Waals surface area contributed by atoms with Gasteiger partial charge in [-0.2, -0.15) is 0 Å². The summed E-state index contributed by atoms with van der Waals surface area (Å²) in [6.45, 7) is 6.96. The molecule has 2 aromatic rings. The number of hydrogen-bond acceptors (Lipinski definition) is 6. The molecule has 0 spiro atoms. The van der Waals surface area contributed by atoms with Gasteiger partial charge in [-0.25, -0.2) is 0 Å². The van der Waals surface area contributed by atoms with Gasteiger partial charge in [0, 0.05) is 40.1 Å². The lowest BCUT2D eigenvalue weighted by Crippen LogP contribution is -2.55. The number of amides is 1. The summed E-state index contributed by atoms with van der Waals surface area (Å²) in [5, 5.41) is 11.9. The Labute approximate surface area is 188 Å². The molecule has 1 aromatic carbocycles. The molecule has 7 nitrogen and oxygen atoms in total. The van der Waals surface area contributed by atoms with Gasteiger partial charge in [-0.15, -0.1) is 10.2 Å². The van der Waals surface area contributed by atoms with Crippen molar-refractivity contribution >= 4 is 45.0 Å². The smallest absolute Gasteiger partial charge is 0.284 e. The first-order valence-electron chi connectivity index (χ1n) is 9.26. The summed E-state index contributed by atoms with van der Waals surface area (Å²) >= 11 is 15.1. The highest BCUT2D eigenvalue weighted by Gasteiger charge is 2.38. The fourth-order valence-corrected chi connectivity index (χ4v) is 3.96. The quantitative estimate of drug-likeness (QED) is 0.637. The van der Waals surface area contributed by atoms with Gasteiger partial charge in [0.15, 0.2) is 6.61 Å². The Morgan fingerprint density at radius 1 is 1.31 bits per heavy atom. The molecular weight excluding hydrogens is 483 g/mol. The molecular formula is C19H23BrCl2N4O3. The number of hydrogen-bond donors (Lipinski definition) is 1. The van der Waals surface area contributed by atoms with E-state index in [4.69, 9.17) is 32.4 Å². The molecule has 0 saturated carbocycles. The zero-order valence-electron chi connectivity index (χ0n) is 16.4. The van der Waals surface area contributed by atoms with E-state index in [1.807, 2.05) is 0 Å². The summed E-state index contributed by atoms with van der Waals surface area (Å²) in [6, 6.07) is 4.91. The molecule has 1 saturated heterocycles. The molecule has 2 atom stereocenters. The molecule has 1 aromatic heterocycles. The zero-order valence-corrected chi connectivity index (χ0v) is 19.5. The van der Waals surface area contributed by atoms with Crippen molar-refractivity contribution in [3.8, 4) is 5.75 Å². The minimum atomic E-state index is -0.186. The minimum absolute atomic E-state index is 0.00161. The van der Waals surface area contributed by atoms with Gasteiger partial charge in [0.05, 0.1) is 16.1 Å². The van der Waals surface area contributed by atoms with Crippen LogP contribution in [0.15, 0.2) is 27.4 Å². The second kappa shape index (κ2) is 9.20. The van der Waals surface area contributed by atoms with Crippen LogP contribution in [0, 0.1) is 0 Å². The predicted octanol–water partition coefficient (Wildman–Crippen LogP) is 4.64. The number of ether oxygens (including phenoxy) is 1. The molecule has 10 heteroatoms. The van der Waals surface area contributed by atoms with Crippen molar-refractivity contribution in [2.75, 3.05) is 13.2 Å². The minimum Gasteiger partial charge on any atom is -0.484 e. The molecule has 1 aliphatic heterocycles. The van der Waals surface area contributed by atoms with E-state index in [9.17, 15) is 4.79 Å². The second-order valence-electron chi connectivity index (χ2n) is 7.94. The fourth-order valence-electron chi connectivity index (χ4n) is 3.42. The van der Waals surface area contributed by atoms with Crippen LogP contribution in [0.4, 0.5) is 0 Å². The van der Waals surface area contributed by atoms with Gasteiger partial charge < -0.3 is 14.5 Å². The first-order chi connectivity index (χ1) is 13.6. The van der Waals surface area contributed by atoms with Crippen LogP contribution in [0.3, 0.4) is 0 Å². The molecule has 0 bridgehead atoms. The number of carbonyl (C=O) groups is 1. The van der Waals surface area contributed by atoms with Crippen LogP contribution in [0.25, 0.3) is 0 Å². The SMILES string of the molecule is CC(C)(C)N1C[C@@H](NC(=O)COc2ccc(Cl)c(Cl)c2)CC[C@@H]1c1nnc(Br)o1. The van der Waals surface area contributed by atoms with Gasteiger partial charge in [-0.3, -0.25) is 9.69 Å². The molecule has 2 heterocycles. The maximum absolute atomic E-state index is 12.4. The Morgan fingerprint density at radius 3 is 2.69 bits per heavy atom. The van der Waals surface area contributed by atoms with E-state index in [2.05, 4.69) is 57.1 Å². The Bertz CT molecular complexity index is 871. The van der Waals surface area contributed by atoms with Crippen molar-refractivity contribution in [2.45, 2.75) is 51.2 Å². The van der Waals surface area contributed by atoms with E-state index in [-0.39, 0.29) is 30.1 Å². The van der Waals surface area contributed by atoms with Crippen LogP contribution in [0.1, 0.15) is 45.5 Å². The molecule has 1 N–H and O–H groups in total. The molecule has 0 radical (unpaired) electrons. The van der Waals surface area contributed by atoms with E-state index in [0.717, 1.165) is 12.8 Å². The van der Waals surface area contributed by atoms with Crippen LogP contribution < -0.4 is 10.1 Å². The van der Waals surface area contributed by atoms with E-state index >= 15 is 0 Å². The highest BCUT2D eigenvalue weighted by atomic mass is 79.9. The van der Waals surface area contributed by atoms with E-state index in [1.165, 1.54) is 0 Å². The third kappa shape index (κ3) is 5.84. The van der Waals surface area contributed by atoms with Crippen molar-refractivity contribution in [1.82, 2.24) is 20.4 Å². The summed E-state index contributed by atoms with van der Waals surface area (Å²) in [4.78, 5) is 15.0. The lowest BCUT2D eigenvalue weighted by molar-refractivity contribution is -0.124. The number of aromatic nitrogens is 2. The molecule has 0 aliphatic carbocycles. The van der Waals surface area contributed by atoms with Crippen LogP contribution in [-0.2, 0) is 4.79 Å². The molecule has 0 unspecified atom stereocenters. The predicted molar refractivity (Wildman–Crippen MR) is 114 cm³/mol. The number of carbonyl (C=O) groups excluding carboxylic acids is 1. The third-order valence-electron chi connectivity index (χ3n) is 4.77. The lowest BCUT2D eigenvalue weighted by Gasteiger charge is -2.45. The van der Waals surface area contributed by atoms with Crippen molar-refractivity contribution in [2.24, 2.45) is 0 Å². The van der Waals surface area contributed by atoms with E-state index in [0.29, 0.717) is 33.0 Å². The Kier molecular flexibility index (Phi) is 7.09. The van der Waals surface area contributed by atoms with E-state index < -0.39 is 0 Å². The topological polar surface area (TPSA) is 80.5 Å². The number of nitrogens with zero attached hydrogens (tertiary/aromatic N) is 3. The number of rotatable bonds is 5. The molecule has 1 aliphatic rings. The van der Waals surface area contributed by atoms with Crippen molar-refractivity contribution in [3.63, 3.8) is 0 Å². The standard InChI is InChI=1S/C19H23BrCl2N4O3/c1-19(2,3)26-9-11(4-7-15(26)17-24-25-18(20)29-17)23-16(27)10-28-12-5-6-13(21)14(22)8-12/h5-6,8,11,15H,4,7,9-10H2,1-3H3,(H,23,27)/t11-,15+/m0/s1. The van der Waals surface area contributed by atoms with Gasteiger partial charge in [-0.1, -0.05) is 23.2 Å². The van der Waals surface area contributed by atoms with Gasteiger partial charge >= 0.3 is 0 Å². The lowest BCUT2D eigenvalue weighted by atomic mass is 9.92. The summed E-state index contributed by atoms with van der Waals surface area (Å²) in [6.07, 6.45) is 1.60. The maximum atomic E-state index is 12.4. The van der Waals surface area contributed by atoms with Crippen molar-refractivity contribution < 1.29 is 13.9 Å². The number of benzene rings is 1. The molecule has 29 heavy (non-hydrogen) atoms. The number of halogens is 3. The number of piperidine rings is 1. The largest absolute Gasteiger partial charge is 0.484 e. The Hall–Kier alpha value is -1.35. The van der Waals surface area contributed by atoms with Crippen molar-refractivity contribution in [1.29, 1.82) is 0 Å². The number of likely N-dealkylation sites (tertiary alicyclic amines) is 1. The molecule has 1 fully saturated rings. The van der Waals surface area contributed by atoms with Gasteiger partial charge in [0.2, 0.25) is 5.89 Å². The normalized spacial score (nSPS) is 20.5. The Morgan fingerprint density at radius 2 is 2.07 bits per heavy atom. The molecule has 158 valence electrons. The highest BCUT2D eigenvalue weighted by Crippen LogP contribution is 2.36. The van der Waals surface area contributed by atoms with Crippen LogP contribution >= 0.6 is 39.1 Å². The average molecular weight is 506 g/mol. The van der Waals surface area contributed by atoms with Gasteiger partial charge in [0.1, 0.15) is 5.75 Å². The first kappa shape index (κ1) is 22.3. The van der Waals surface area contributed by atoms with Crippen LogP contribution in [0.5, 0.6) is 5.75 Å². The molecule has 1 amide bonds. The summed E-state index contributed by atoms with van der Waals surface area (Å²) in [5.41, 5.74) is -0.133. The van der Waals surface area contributed by atoms with Crippen molar-refractivity contribution in [3.05, 3.63) is 38.9 Å². The fraction of sp³-hybridized carbons (Fsp3) is 0.526. The summed E-state index contributed by atoms with van der Waals surface area (Å²) < 4.78 is 11.1. The second-order valence-corrected chi connectivity index (χ2v) is 9.43. The summed E-state index contributed by atoms with van der Waals surface area (Å²) in [7, 11) is 0. The van der Waals surface area contributed by atoms with Crippen LogP contribution in [-0.4, -0.2) is 45.7 Å². The van der Waals surface area contributed by atoms with Gasteiger partial charge in [-0.05, 0) is 45.7 Å². The number of nitrogens with one attached hydrogen (secondary N) is 1. The molecule has 3 rings (SSSR count). The third-order valence-corrected chi connectivity index (χ3v) is 5.83. The maximum Gasteiger partial charge on any atom is 0.284 e. The monoisotopic (exact) mass is 504 g/mol. The van der Waals surface area contributed by atoms with Gasteiger partial charge in [0.25, 0.3) is 10.7 Å². The van der Waals surface area contributed by atoms with E-state index in [1.54, 1.807) is 18.2 Å². The average Bonchev–Trinajstić information content (AvgIpc) is 3.08.